The minimum absolute atomic E-state index is 0.146. The van der Waals surface area contributed by atoms with E-state index in [2.05, 4.69) is 21.2 Å². The lowest BCUT2D eigenvalue weighted by atomic mass is 10.2. The maximum absolute atomic E-state index is 12.9. The number of hydrogen-bond donors (Lipinski definition) is 1. The van der Waals surface area contributed by atoms with Gasteiger partial charge in [0.15, 0.2) is 0 Å². The van der Waals surface area contributed by atoms with Crippen molar-refractivity contribution < 1.29 is 17.9 Å². The van der Waals surface area contributed by atoms with E-state index in [9.17, 15) is 13.2 Å². The summed E-state index contributed by atoms with van der Waals surface area (Å²) in [5.74, 6) is 0.0201. The van der Waals surface area contributed by atoms with Crippen molar-refractivity contribution in [3.63, 3.8) is 0 Å². The second kappa shape index (κ2) is 9.56. The summed E-state index contributed by atoms with van der Waals surface area (Å²) in [5, 5.41) is 2.72. The number of piperidine rings is 1. The number of methoxy groups -OCH3 is 1. The van der Waals surface area contributed by atoms with Gasteiger partial charge in [-0.2, -0.15) is 4.31 Å². The summed E-state index contributed by atoms with van der Waals surface area (Å²) in [5.41, 5.74) is 1.19. The summed E-state index contributed by atoms with van der Waals surface area (Å²) < 4.78 is 33.6. The monoisotopic (exact) mass is 478 g/mol. The van der Waals surface area contributed by atoms with Gasteiger partial charge in [0, 0.05) is 23.6 Å². The highest BCUT2D eigenvalue weighted by Crippen LogP contribution is 2.30. The Morgan fingerprint density at radius 2 is 1.79 bits per heavy atom. The minimum Gasteiger partial charge on any atom is -0.495 e. The van der Waals surface area contributed by atoms with E-state index in [0.717, 1.165) is 29.3 Å². The van der Waals surface area contributed by atoms with Gasteiger partial charge >= 0.3 is 0 Å². The Labute approximate surface area is 179 Å². The number of nitrogens with zero attached hydrogens (tertiary/aromatic N) is 1. The molecule has 0 aliphatic carbocycles. The highest BCUT2D eigenvalue weighted by molar-refractivity contribution is 9.10. The number of halogens is 1. The van der Waals surface area contributed by atoms with E-state index >= 15 is 0 Å². The van der Waals surface area contributed by atoms with Gasteiger partial charge in [-0.05, 0) is 54.8 Å². The predicted molar refractivity (Wildman–Crippen MR) is 117 cm³/mol. The molecule has 2 aromatic carbocycles. The van der Waals surface area contributed by atoms with Crippen LogP contribution in [-0.2, 0) is 14.8 Å². The predicted octanol–water partition coefficient (Wildman–Crippen LogP) is 4.28. The quantitative estimate of drug-likeness (QED) is 0.628. The molecule has 1 aliphatic heterocycles. The van der Waals surface area contributed by atoms with E-state index in [4.69, 9.17) is 4.74 Å². The first-order chi connectivity index (χ1) is 13.9. The summed E-state index contributed by atoms with van der Waals surface area (Å²) in [7, 11) is -2.13. The van der Waals surface area contributed by atoms with Gasteiger partial charge in [-0.1, -0.05) is 34.5 Å². The average molecular weight is 479 g/mol. The lowest BCUT2D eigenvalue weighted by Gasteiger charge is -2.26. The minimum atomic E-state index is -3.60. The Morgan fingerprint density at radius 3 is 2.45 bits per heavy atom. The maximum atomic E-state index is 12.9. The number of benzene rings is 2. The fourth-order valence-electron chi connectivity index (χ4n) is 3.12. The van der Waals surface area contributed by atoms with Crippen molar-refractivity contribution in [2.45, 2.75) is 24.2 Å². The Balaban J connectivity index is 1.79. The molecule has 0 atom stereocenters. The van der Waals surface area contributed by atoms with E-state index in [-0.39, 0.29) is 10.8 Å². The molecular weight excluding hydrogens is 456 g/mol. The molecule has 0 bridgehead atoms. The third-order valence-corrected chi connectivity index (χ3v) is 7.10. The van der Waals surface area contributed by atoms with Crippen LogP contribution in [-0.4, -0.2) is 38.8 Å². The molecule has 0 saturated carbocycles. The maximum Gasteiger partial charge on any atom is 0.248 e. The van der Waals surface area contributed by atoms with Gasteiger partial charge in [0.25, 0.3) is 0 Å². The molecule has 1 aliphatic rings. The number of nitrogens with one attached hydrogen (secondary N) is 1. The van der Waals surface area contributed by atoms with E-state index in [0.29, 0.717) is 24.5 Å². The van der Waals surface area contributed by atoms with Crippen LogP contribution in [0.5, 0.6) is 5.75 Å². The van der Waals surface area contributed by atoms with Crippen LogP contribution in [0.2, 0.25) is 0 Å². The van der Waals surface area contributed by atoms with Gasteiger partial charge < -0.3 is 10.1 Å². The normalized spacial score (nSPS) is 15.4. The Hall–Kier alpha value is -2.16. The summed E-state index contributed by atoms with van der Waals surface area (Å²) >= 11 is 3.37. The molecule has 3 rings (SSSR count). The molecule has 0 spiro atoms. The molecule has 6 nitrogen and oxygen atoms in total. The molecule has 1 fully saturated rings. The zero-order chi connectivity index (χ0) is 20.9. The van der Waals surface area contributed by atoms with Crippen molar-refractivity contribution in [1.82, 2.24) is 4.31 Å². The number of ether oxygens (including phenoxy) is 1. The van der Waals surface area contributed by atoms with Crippen molar-refractivity contribution in [3.8, 4) is 5.75 Å². The molecule has 154 valence electrons. The van der Waals surface area contributed by atoms with Gasteiger partial charge in [-0.15, -0.1) is 0 Å². The lowest BCUT2D eigenvalue weighted by Crippen LogP contribution is -2.35. The highest BCUT2D eigenvalue weighted by Gasteiger charge is 2.26. The van der Waals surface area contributed by atoms with Crippen molar-refractivity contribution in [1.29, 1.82) is 0 Å². The third kappa shape index (κ3) is 5.46. The van der Waals surface area contributed by atoms with Gasteiger partial charge in [0.1, 0.15) is 5.75 Å². The van der Waals surface area contributed by atoms with Crippen LogP contribution in [0.1, 0.15) is 24.8 Å². The first-order valence-electron chi connectivity index (χ1n) is 9.33. The largest absolute Gasteiger partial charge is 0.495 e. The van der Waals surface area contributed by atoms with E-state index in [1.165, 1.54) is 29.6 Å². The standard InChI is InChI=1S/C21H23BrN2O4S/c1-28-20-11-10-18(29(26,27)24-13-3-2-4-14-24)15-19(20)23-21(25)12-7-16-5-8-17(22)9-6-16/h5-12,15H,2-4,13-14H2,1H3,(H,23,25)/b12-7+. The second-order valence-electron chi connectivity index (χ2n) is 6.70. The number of anilines is 1. The smallest absolute Gasteiger partial charge is 0.248 e. The molecule has 1 saturated heterocycles. The fourth-order valence-corrected chi connectivity index (χ4v) is 4.93. The number of rotatable bonds is 6. The van der Waals surface area contributed by atoms with Crippen molar-refractivity contribution in [3.05, 3.63) is 58.6 Å². The fraction of sp³-hybridized carbons (Fsp3) is 0.286. The van der Waals surface area contributed by atoms with Crippen molar-refractivity contribution >= 4 is 43.6 Å². The zero-order valence-corrected chi connectivity index (χ0v) is 18.5. The van der Waals surface area contributed by atoms with Crippen LogP contribution in [0, 0.1) is 0 Å². The first kappa shape index (κ1) is 21.5. The Morgan fingerprint density at radius 1 is 1.10 bits per heavy atom. The molecule has 8 heteroatoms. The van der Waals surface area contributed by atoms with Gasteiger partial charge in [-0.3, -0.25) is 4.79 Å². The van der Waals surface area contributed by atoms with Crippen LogP contribution in [0.4, 0.5) is 5.69 Å². The van der Waals surface area contributed by atoms with E-state index in [1.807, 2.05) is 24.3 Å². The molecular formula is C21H23BrN2O4S. The van der Waals surface area contributed by atoms with Gasteiger partial charge in [0.05, 0.1) is 17.7 Å². The van der Waals surface area contributed by atoms with Crippen LogP contribution in [0.25, 0.3) is 6.08 Å². The van der Waals surface area contributed by atoms with Crippen LogP contribution >= 0.6 is 15.9 Å². The van der Waals surface area contributed by atoms with Gasteiger partial charge in [-0.25, -0.2) is 8.42 Å². The van der Waals surface area contributed by atoms with E-state index in [1.54, 1.807) is 12.1 Å². The van der Waals surface area contributed by atoms with Crippen LogP contribution < -0.4 is 10.1 Å². The van der Waals surface area contributed by atoms with Crippen LogP contribution in [0.3, 0.4) is 0 Å². The van der Waals surface area contributed by atoms with Crippen molar-refractivity contribution in [2.75, 3.05) is 25.5 Å². The molecule has 0 aromatic heterocycles. The highest BCUT2D eigenvalue weighted by atomic mass is 79.9. The third-order valence-electron chi connectivity index (χ3n) is 4.68. The van der Waals surface area contributed by atoms with Crippen LogP contribution in [0.15, 0.2) is 57.9 Å². The van der Waals surface area contributed by atoms with Gasteiger partial charge in [0.2, 0.25) is 15.9 Å². The number of hydrogen-bond acceptors (Lipinski definition) is 4. The van der Waals surface area contributed by atoms with E-state index < -0.39 is 10.0 Å². The molecule has 1 amide bonds. The summed E-state index contributed by atoms with van der Waals surface area (Å²) in [6.07, 6.45) is 5.84. The first-order valence-corrected chi connectivity index (χ1v) is 11.6. The molecule has 29 heavy (non-hydrogen) atoms. The SMILES string of the molecule is COc1ccc(S(=O)(=O)N2CCCCC2)cc1NC(=O)/C=C/c1ccc(Br)cc1. The molecule has 0 unspecified atom stereocenters. The summed E-state index contributed by atoms with van der Waals surface area (Å²) in [6.45, 7) is 1.04. The Bertz CT molecular complexity index is 998. The summed E-state index contributed by atoms with van der Waals surface area (Å²) in [6, 6.07) is 12.0. The lowest BCUT2D eigenvalue weighted by molar-refractivity contribution is -0.111. The zero-order valence-electron chi connectivity index (χ0n) is 16.1. The topological polar surface area (TPSA) is 75.7 Å². The number of amides is 1. The van der Waals surface area contributed by atoms with Crippen molar-refractivity contribution in [2.24, 2.45) is 0 Å². The molecule has 0 radical (unpaired) electrons. The number of sulfonamides is 1. The molecule has 1 heterocycles. The summed E-state index contributed by atoms with van der Waals surface area (Å²) in [4.78, 5) is 12.5. The number of carbonyl (C=O) groups excluding carboxylic acids is 1. The molecule has 1 N–H and O–H groups in total. The number of carbonyl (C=O) groups is 1. The Kier molecular flexibility index (Phi) is 7.10. The average Bonchev–Trinajstić information content (AvgIpc) is 2.74. The second-order valence-corrected chi connectivity index (χ2v) is 9.55. The molecule has 2 aromatic rings.